The number of carbonyl (C=O) groups excluding carboxylic acids is 1. The van der Waals surface area contributed by atoms with Crippen molar-refractivity contribution in [2.24, 2.45) is 0 Å². The fraction of sp³-hybridized carbons (Fsp3) is 0.600. The van der Waals surface area contributed by atoms with Gasteiger partial charge in [0.05, 0.1) is 17.5 Å². The number of rotatable bonds is 2. The Balaban J connectivity index is 1.82. The van der Waals surface area contributed by atoms with Crippen LogP contribution < -0.4 is 0 Å². The van der Waals surface area contributed by atoms with Gasteiger partial charge in [0.1, 0.15) is 0 Å². The van der Waals surface area contributed by atoms with E-state index in [4.69, 9.17) is 0 Å². The molecule has 2 atom stereocenters. The highest BCUT2D eigenvalue weighted by molar-refractivity contribution is 7.91. The van der Waals surface area contributed by atoms with Gasteiger partial charge >= 0.3 is 6.03 Å². The lowest BCUT2D eigenvalue weighted by Crippen LogP contribution is -2.61. The molecule has 1 aromatic rings. The second-order valence-electron chi connectivity index (χ2n) is 6.41. The maximum Gasteiger partial charge on any atom is 0.319 e. The predicted octanol–water partition coefficient (Wildman–Crippen LogP) is 0.0464. The molecule has 126 valence electrons. The summed E-state index contributed by atoms with van der Waals surface area (Å²) >= 11 is 0. The van der Waals surface area contributed by atoms with Gasteiger partial charge in [-0.25, -0.2) is 13.2 Å². The number of pyridine rings is 1. The third kappa shape index (κ3) is 3.32. The molecular formula is C15H22N4O3S. The molecule has 0 bridgehead atoms. The Morgan fingerprint density at radius 1 is 1.30 bits per heavy atom. The van der Waals surface area contributed by atoms with Gasteiger partial charge in [0.2, 0.25) is 0 Å². The highest BCUT2D eigenvalue weighted by Gasteiger charge is 2.48. The van der Waals surface area contributed by atoms with Gasteiger partial charge in [0.15, 0.2) is 9.84 Å². The van der Waals surface area contributed by atoms with E-state index in [1.54, 1.807) is 31.4 Å². The number of hydrogen-bond acceptors (Lipinski definition) is 5. The minimum Gasteiger partial charge on any atom is -0.331 e. The molecule has 0 saturated carbocycles. The standard InChI is InChI=1S/C15H22N4O3S/c1-17(2)15(20)19-7-6-18(9-12-4-3-5-16-8-12)13-10-23(21,22)11-14(13)19/h3-5,8,13-14H,6-7,9-11H2,1-2H3/t13-,14+/m0/s1. The quantitative estimate of drug-likeness (QED) is 0.762. The van der Waals surface area contributed by atoms with Crippen LogP contribution in [0.25, 0.3) is 0 Å². The van der Waals surface area contributed by atoms with E-state index in [1.165, 1.54) is 4.90 Å². The fourth-order valence-corrected chi connectivity index (χ4v) is 5.45. The molecule has 1 aromatic heterocycles. The molecule has 3 heterocycles. The Morgan fingerprint density at radius 3 is 2.70 bits per heavy atom. The first-order valence-corrected chi connectivity index (χ1v) is 9.51. The van der Waals surface area contributed by atoms with Crippen molar-refractivity contribution in [2.75, 3.05) is 38.7 Å². The van der Waals surface area contributed by atoms with E-state index in [-0.39, 0.29) is 29.6 Å². The van der Waals surface area contributed by atoms with Crippen LogP contribution in [0.5, 0.6) is 0 Å². The van der Waals surface area contributed by atoms with Crippen molar-refractivity contribution in [3.05, 3.63) is 30.1 Å². The van der Waals surface area contributed by atoms with E-state index >= 15 is 0 Å². The molecule has 0 N–H and O–H groups in total. The fourth-order valence-electron chi connectivity index (χ4n) is 3.44. The van der Waals surface area contributed by atoms with Crippen LogP contribution in [0.4, 0.5) is 4.79 Å². The predicted molar refractivity (Wildman–Crippen MR) is 86.7 cm³/mol. The van der Waals surface area contributed by atoms with Crippen molar-refractivity contribution in [1.29, 1.82) is 0 Å². The molecule has 2 amide bonds. The zero-order valence-corrected chi connectivity index (χ0v) is 14.2. The Bertz CT molecular complexity index is 677. The number of sulfone groups is 1. The smallest absolute Gasteiger partial charge is 0.319 e. The van der Waals surface area contributed by atoms with Crippen LogP contribution in [0.15, 0.2) is 24.5 Å². The molecule has 7 nitrogen and oxygen atoms in total. The average molecular weight is 338 g/mol. The van der Waals surface area contributed by atoms with Crippen LogP contribution in [0, 0.1) is 0 Å². The van der Waals surface area contributed by atoms with Gasteiger partial charge in [-0.1, -0.05) is 6.07 Å². The third-order valence-corrected chi connectivity index (χ3v) is 6.23. The second-order valence-corrected chi connectivity index (χ2v) is 8.57. The normalized spacial score (nSPS) is 26.8. The number of nitrogens with zero attached hydrogens (tertiary/aromatic N) is 4. The zero-order valence-electron chi connectivity index (χ0n) is 13.4. The summed E-state index contributed by atoms with van der Waals surface area (Å²) in [4.78, 5) is 21.9. The number of hydrogen-bond donors (Lipinski definition) is 0. The largest absolute Gasteiger partial charge is 0.331 e. The SMILES string of the molecule is CN(C)C(=O)N1CCN(Cc2cccnc2)[C@H]2CS(=O)(=O)C[C@H]21. The first-order chi connectivity index (χ1) is 10.9. The Hall–Kier alpha value is -1.67. The Labute approximate surface area is 136 Å². The highest BCUT2D eigenvalue weighted by atomic mass is 32.2. The van der Waals surface area contributed by atoms with Crippen LogP contribution in [-0.4, -0.2) is 84.9 Å². The molecule has 0 aliphatic carbocycles. The second kappa shape index (κ2) is 6.09. The maximum absolute atomic E-state index is 12.3. The summed E-state index contributed by atoms with van der Waals surface area (Å²) in [5.41, 5.74) is 1.06. The van der Waals surface area contributed by atoms with Gasteiger partial charge in [-0.2, -0.15) is 0 Å². The van der Waals surface area contributed by atoms with E-state index in [2.05, 4.69) is 9.88 Å². The van der Waals surface area contributed by atoms with Crippen LogP contribution in [-0.2, 0) is 16.4 Å². The van der Waals surface area contributed by atoms with Gasteiger partial charge in [-0.15, -0.1) is 0 Å². The summed E-state index contributed by atoms with van der Waals surface area (Å²) in [6.45, 7) is 1.88. The van der Waals surface area contributed by atoms with Gasteiger partial charge in [-0.3, -0.25) is 9.88 Å². The first-order valence-electron chi connectivity index (χ1n) is 7.69. The molecule has 2 fully saturated rings. The number of carbonyl (C=O) groups is 1. The number of piperazine rings is 1. The average Bonchev–Trinajstić information content (AvgIpc) is 2.83. The molecule has 2 aliphatic heterocycles. The summed E-state index contributed by atoms with van der Waals surface area (Å²) < 4.78 is 24.3. The van der Waals surface area contributed by atoms with Gasteiger partial charge in [0.25, 0.3) is 0 Å². The van der Waals surface area contributed by atoms with Crippen LogP contribution >= 0.6 is 0 Å². The molecule has 23 heavy (non-hydrogen) atoms. The lowest BCUT2D eigenvalue weighted by molar-refractivity contribution is 0.0520. The molecule has 8 heteroatoms. The van der Waals surface area contributed by atoms with E-state index in [9.17, 15) is 13.2 Å². The summed E-state index contributed by atoms with van der Waals surface area (Å²) in [6.07, 6.45) is 3.52. The molecule has 0 unspecified atom stereocenters. The minimum absolute atomic E-state index is 0.0563. The molecule has 3 rings (SSSR count). The van der Waals surface area contributed by atoms with Crippen molar-refractivity contribution < 1.29 is 13.2 Å². The van der Waals surface area contributed by atoms with E-state index in [0.717, 1.165) is 5.56 Å². The van der Waals surface area contributed by atoms with E-state index in [1.807, 2.05) is 12.1 Å². The highest BCUT2D eigenvalue weighted by Crippen LogP contribution is 2.28. The number of amides is 2. The summed E-state index contributed by atoms with van der Waals surface area (Å²) in [6, 6.07) is 3.35. The Morgan fingerprint density at radius 2 is 2.04 bits per heavy atom. The van der Waals surface area contributed by atoms with Crippen molar-refractivity contribution in [3.8, 4) is 0 Å². The van der Waals surface area contributed by atoms with Crippen LogP contribution in [0.2, 0.25) is 0 Å². The van der Waals surface area contributed by atoms with Crippen LogP contribution in [0.1, 0.15) is 5.56 Å². The minimum atomic E-state index is -3.12. The van der Waals surface area contributed by atoms with Crippen molar-refractivity contribution in [2.45, 2.75) is 18.6 Å². The lowest BCUT2D eigenvalue weighted by Gasteiger charge is -2.44. The molecule has 0 spiro atoms. The molecule has 0 aromatic carbocycles. The van der Waals surface area contributed by atoms with Gasteiger partial charge < -0.3 is 9.80 Å². The summed E-state index contributed by atoms with van der Waals surface area (Å²) in [5, 5.41) is 0. The van der Waals surface area contributed by atoms with Crippen molar-refractivity contribution >= 4 is 15.9 Å². The first kappa shape index (κ1) is 16.2. The summed E-state index contributed by atoms with van der Waals surface area (Å²) in [5.74, 6) is 0.177. The topological polar surface area (TPSA) is 73.8 Å². The monoisotopic (exact) mass is 338 g/mol. The van der Waals surface area contributed by atoms with Crippen molar-refractivity contribution in [1.82, 2.24) is 19.7 Å². The number of aromatic nitrogens is 1. The Kier molecular flexibility index (Phi) is 4.29. The van der Waals surface area contributed by atoms with Gasteiger partial charge in [-0.05, 0) is 11.6 Å². The third-order valence-electron chi connectivity index (χ3n) is 4.53. The zero-order chi connectivity index (χ0) is 16.6. The lowest BCUT2D eigenvalue weighted by atomic mass is 10.0. The number of urea groups is 1. The van der Waals surface area contributed by atoms with Gasteiger partial charge in [0, 0.05) is 52.2 Å². The molecule has 0 radical (unpaired) electrons. The van der Waals surface area contributed by atoms with E-state index in [0.29, 0.717) is 19.6 Å². The number of fused-ring (bicyclic) bond motifs is 1. The molecular weight excluding hydrogens is 316 g/mol. The van der Waals surface area contributed by atoms with Crippen LogP contribution in [0.3, 0.4) is 0 Å². The van der Waals surface area contributed by atoms with E-state index < -0.39 is 9.84 Å². The molecule has 2 aliphatic rings. The summed E-state index contributed by atoms with van der Waals surface area (Å²) in [7, 11) is 0.279. The maximum atomic E-state index is 12.3. The molecule has 2 saturated heterocycles. The van der Waals surface area contributed by atoms with Crippen molar-refractivity contribution in [3.63, 3.8) is 0 Å².